The lowest BCUT2D eigenvalue weighted by atomic mass is 9.72. The third-order valence-corrected chi connectivity index (χ3v) is 6.86. The fourth-order valence-corrected chi connectivity index (χ4v) is 5.05. The van der Waals surface area contributed by atoms with E-state index >= 15 is 0 Å². The maximum atomic E-state index is 12.1. The van der Waals surface area contributed by atoms with Crippen molar-refractivity contribution in [1.82, 2.24) is 4.98 Å². The van der Waals surface area contributed by atoms with Crippen LogP contribution in [0.3, 0.4) is 0 Å². The highest BCUT2D eigenvalue weighted by molar-refractivity contribution is 5.76. The van der Waals surface area contributed by atoms with Crippen LogP contribution >= 0.6 is 0 Å². The highest BCUT2D eigenvalue weighted by Crippen LogP contribution is 2.46. The fraction of sp³-hybridized carbons (Fsp3) is 0.267. The molecule has 0 amide bonds. The molecule has 1 heterocycles. The van der Waals surface area contributed by atoms with E-state index in [0.29, 0.717) is 30.2 Å². The van der Waals surface area contributed by atoms with E-state index in [1.54, 1.807) is 6.07 Å². The highest BCUT2D eigenvalue weighted by Gasteiger charge is 2.45. The van der Waals surface area contributed by atoms with E-state index in [4.69, 9.17) is 19.2 Å². The van der Waals surface area contributed by atoms with E-state index in [9.17, 15) is 9.90 Å². The molecule has 1 aliphatic carbocycles. The SMILES string of the molecule is O=C(O)COc1cccc(C[C@@H]2CCCC[C@@]2(O)c2nc(-c3ccccc3)c(-c3ccccc3)o2)c1. The molecule has 1 saturated carbocycles. The van der Waals surface area contributed by atoms with Gasteiger partial charge in [-0.05, 0) is 37.0 Å². The Labute approximate surface area is 210 Å². The molecule has 0 spiro atoms. The van der Waals surface area contributed by atoms with Crippen molar-refractivity contribution in [2.75, 3.05) is 6.61 Å². The van der Waals surface area contributed by atoms with Crippen LogP contribution in [0.1, 0.15) is 37.1 Å². The second-order valence-corrected chi connectivity index (χ2v) is 9.33. The van der Waals surface area contributed by atoms with Crippen molar-refractivity contribution >= 4 is 5.97 Å². The fourth-order valence-electron chi connectivity index (χ4n) is 5.05. The minimum Gasteiger partial charge on any atom is -0.482 e. The van der Waals surface area contributed by atoms with Crippen molar-refractivity contribution < 1.29 is 24.2 Å². The van der Waals surface area contributed by atoms with E-state index in [1.165, 1.54) is 0 Å². The Balaban J connectivity index is 1.50. The summed E-state index contributed by atoms with van der Waals surface area (Å²) in [7, 11) is 0. The van der Waals surface area contributed by atoms with Crippen LogP contribution in [-0.2, 0) is 16.8 Å². The third kappa shape index (κ3) is 5.04. The van der Waals surface area contributed by atoms with Crippen LogP contribution in [0, 0.1) is 5.92 Å². The van der Waals surface area contributed by atoms with Crippen molar-refractivity contribution in [3.05, 3.63) is 96.4 Å². The van der Waals surface area contributed by atoms with Gasteiger partial charge in [0.05, 0.1) is 0 Å². The maximum Gasteiger partial charge on any atom is 0.341 e. The van der Waals surface area contributed by atoms with Gasteiger partial charge in [-0.25, -0.2) is 9.78 Å². The van der Waals surface area contributed by atoms with Crippen LogP contribution in [0.15, 0.2) is 89.3 Å². The molecule has 2 N–H and O–H groups in total. The summed E-state index contributed by atoms with van der Waals surface area (Å²) in [5.41, 5.74) is 2.33. The number of nitrogens with zero attached hydrogens (tertiary/aromatic N) is 1. The minimum absolute atomic E-state index is 0.105. The zero-order valence-corrected chi connectivity index (χ0v) is 20.0. The van der Waals surface area contributed by atoms with E-state index in [-0.39, 0.29) is 5.92 Å². The smallest absolute Gasteiger partial charge is 0.341 e. The first-order valence-corrected chi connectivity index (χ1v) is 12.3. The third-order valence-electron chi connectivity index (χ3n) is 6.86. The number of aliphatic carboxylic acids is 1. The lowest BCUT2D eigenvalue weighted by Gasteiger charge is -2.37. The summed E-state index contributed by atoms with van der Waals surface area (Å²) in [4.78, 5) is 15.8. The molecule has 5 rings (SSSR count). The largest absolute Gasteiger partial charge is 0.482 e. The van der Waals surface area contributed by atoms with Gasteiger partial charge in [0.1, 0.15) is 17.0 Å². The Morgan fingerprint density at radius 3 is 2.42 bits per heavy atom. The monoisotopic (exact) mass is 483 g/mol. The number of benzene rings is 3. The molecule has 0 aliphatic heterocycles. The maximum absolute atomic E-state index is 12.1. The van der Waals surface area contributed by atoms with Gasteiger partial charge in [0, 0.05) is 17.0 Å². The van der Waals surface area contributed by atoms with Crippen molar-refractivity contribution in [1.29, 1.82) is 0 Å². The number of hydrogen-bond acceptors (Lipinski definition) is 5. The van der Waals surface area contributed by atoms with Gasteiger partial charge >= 0.3 is 5.97 Å². The summed E-state index contributed by atoms with van der Waals surface area (Å²) >= 11 is 0. The van der Waals surface area contributed by atoms with Crippen molar-refractivity contribution in [3.8, 4) is 28.3 Å². The number of rotatable bonds is 8. The molecule has 6 heteroatoms. The molecule has 0 bridgehead atoms. The summed E-state index contributed by atoms with van der Waals surface area (Å²) < 4.78 is 11.8. The summed E-state index contributed by atoms with van der Waals surface area (Å²) in [6.07, 6.45) is 3.90. The van der Waals surface area contributed by atoms with Crippen LogP contribution in [0.2, 0.25) is 0 Å². The van der Waals surface area contributed by atoms with Gasteiger partial charge in [-0.15, -0.1) is 0 Å². The number of hydrogen-bond donors (Lipinski definition) is 2. The Morgan fingerprint density at radius 1 is 0.972 bits per heavy atom. The first-order valence-electron chi connectivity index (χ1n) is 12.3. The molecule has 2 atom stereocenters. The predicted molar refractivity (Wildman–Crippen MR) is 137 cm³/mol. The van der Waals surface area contributed by atoms with Crippen molar-refractivity contribution in [3.63, 3.8) is 0 Å². The van der Waals surface area contributed by atoms with Crippen LogP contribution in [-0.4, -0.2) is 27.8 Å². The molecule has 1 aliphatic rings. The molecular formula is C30H29NO5. The van der Waals surface area contributed by atoms with Crippen LogP contribution in [0.4, 0.5) is 0 Å². The highest BCUT2D eigenvalue weighted by atomic mass is 16.5. The lowest BCUT2D eigenvalue weighted by Crippen LogP contribution is -2.39. The first-order chi connectivity index (χ1) is 17.5. The number of oxazole rings is 1. The van der Waals surface area contributed by atoms with Gasteiger partial charge in [-0.2, -0.15) is 0 Å². The van der Waals surface area contributed by atoms with Crippen molar-refractivity contribution in [2.24, 2.45) is 5.92 Å². The normalized spacial score (nSPS) is 19.6. The summed E-state index contributed by atoms with van der Waals surface area (Å²) in [6, 6.07) is 27.2. The van der Waals surface area contributed by atoms with Crippen LogP contribution < -0.4 is 4.74 Å². The van der Waals surface area contributed by atoms with Gasteiger partial charge in [-0.1, -0.05) is 85.6 Å². The quantitative estimate of drug-likeness (QED) is 0.315. The molecule has 36 heavy (non-hydrogen) atoms. The topological polar surface area (TPSA) is 92.8 Å². The standard InChI is InChI=1S/C30H29NO5/c32-26(33)20-35-25-16-9-10-21(19-25)18-24-15-7-8-17-30(24,34)29-31-27(22-11-3-1-4-12-22)28(36-29)23-13-5-2-6-14-23/h1-6,9-14,16,19,24,34H,7-8,15,17-18,20H2,(H,32,33)/t24-,30-/m0/s1. The molecule has 0 radical (unpaired) electrons. The second-order valence-electron chi connectivity index (χ2n) is 9.33. The number of carbonyl (C=O) groups is 1. The van der Waals surface area contributed by atoms with Gasteiger partial charge in [0.25, 0.3) is 0 Å². The van der Waals surface area contributed by atoms with Gasteiger partial charge < -0.3 is 19.4 Å². The molecule has 0 saturated heterocycles. The molecule has 184 valence electrons. The van der Waals surface area contributed by atoms with Gasteiger partial charge in [-0.3, -0.25) is 0 Å². The Morgan fingerprint density at radius 2 is 1.69 bits per heavy atom. The molecule has 1 fully saturated rings. The van der Waals surface area contributed by atoms with E-state index < -0.39 is 18.2 Å². The minimum atomic E-state index is -1.22. The van der Waals surface area contributed by atoms with Crippen molar-refractivity contribution in [2.45, 2.75) is 37.7 Å². The Kier molecular flexibility index (Phi) is 6.87. The first kappa shape index (κ1) is 23.8. The zero-order valence-electron chi connectivity index (χ0n) is 20.0. The van der Waals surface area contributed by atoms with Gasteiger partial charge in [0.2, 0.25) is 5.89 Å². The lowest BCUT2D eigenvalue weighted by molar-refractivity contribution is -0.139. The molecule has 6 nitrogen and oxygen atoms in total. The Bertz CT molecular complexity index is 1260. The van der Waals surface area contributed by atoms with Crippen LogP contribution in [0.25, 0.3) is 22.6 Å². The number of carboxylic acids is 1. The molecule has 1 aromatic heterocycles. The molecule has 0 unspecified atom stereocenters. The van der Waals surface area contributed by atoms with E-state index in [0.717, 1.165) is 41.6 Å². The van der Waals surface area contributed by atoms with E-state index in [1.807, 2.05) is 78.9 Å². The average molecular weight is 484 g/mol. The summed E-state index contributed by atoms with van der Waals surface area (Å²) in [5.74, 6) is 0.381. The number of ether oxygens (including phenoxy) is 1. The molecule has 4 aromatic rings. The number of carboxylic acid groups (broad SMARTS) is 1. The van der Waals surface area contributed by atoms with Gasteiger partial charge in [0.15, 0.2) is 12.4 Å². The summed E-state index contributed by atoms with van der Waals surface area (Å²) in [5, 5.41) is 21.0. The molecular weight excluding hydrogens is 454 g/mol. The molecule has 3 aromatic carbocycles. The second kappa shape index (κ2) is 10.4. The average Bonchev–Trinajstić information content (AvgIpc) is 3.37. The Hall–Kier alpha value is -3.90. The summed E-state index contributed by atoms with van der Waals surface area (Å²) in [6.45, 7) is -0.391. The zero-order chi connectivity index (χ0) is 25.0. The van der Waals surface area contributed by atoms with Crippen LogP contribution in [0.5, 0.6) is 5.75 Å². The predicted octanol–water partition coefficient (Wildman–Crippen LogP) is 6.09. The number of aromatic nitrogens is 1. The number of aliphatic hydroxyl groups is 1. The van der Waals surface area contributed by atoms with E-state index in [2.05, 4.69) is 0 Å².